The zero-order valence-corrected chi connectivity index (χ0v) is 19.5. The molecule has 2 aliphatic heterocycles. The van der Waals surface area contributed by atoms with Gasteiger partial charge in [-0.05, 0) is 61.2 Å². The number of imide groups is 1. The third-order valence-electron chi connectivity index (χ3n) is 6.33. The number of benzene rings is 2. The van der Waals surface area contributed by atoms with E-state index in [1.807, 2.05) is 36.4 Å². The van der Waals surface area contributed by atoms with E-state index in [1.165, 1.54) is 10.5 Å². The van der Waals surface area contributed by atoms with Crippen LogP contribution in [0.4, 0.5) is 10.5 Å². The van der Waals surface area contributed by atoms with Crippen LogP contribution in [-0.2, 0) is 11.3 Å². The molecule has 2 aromatic carbocycles. The van der Waals surface area contributed by atoms with Crippen molar-refractivity contribution in [3.8, 4) is 5.75 Å². The Balaban J connectivity index is 1.68. The zero-order chi connectivity index (χ0) is 22.3. The number of anilines is 1. The number of hydrogen-bond acceptors (Lipinski definition) is 5. The monoisotopic (exact) mass is 436 g/mol. The van der Waals surface area contributed by atoms with Crippen molar-refractivity contribution in [1.82, 2.24) is 4.90 Å². The SMILES string of the molecule is COc1cc2c(cc1/C=C1/SC(=O)N(Cc3ccccc3)C1=O)C(C)CC(C)(C)N2C. The van der Waals surface area contributed by atoms with Gasteiger partial charge < -0.3 is 9.64 Å². The number of amides is 2. The van der Waals surface area contributed by atoms with Gasteiger partial charge in [0.2, 0.25) is 0 Å². The Hall–Kier alpha value is -2.73. The van der Waals surface area contributed by atoms with Gasteiger partial charge in [0, 0.05) is 29.9 Å². The first-order valence-electron chi connectivity index (χ1n) is 10.5. The number of carbonyl (C=O) groups is 2. The van der Waals surface area contributed by atoms with Gasteiger partial charge in [-0.3, -0.25) is 14.5 Å². The fourth-order valence-electron chi connectivity index (χ4n) is 4.44. The molecule has 162 valence electrons. The van der Waals surface area contributed by atoms with Crippen LogP contribution in [0.2, 0.25) is 0 Å². The Labute approximate surface area is 188 Å². The maximum absolute atomic E-state index is 13.0. The van der Waals surface area contributed by atoms with Crippen LogP contribution in [0.1, 0.15) is 49.8 Å². The maximum atomic E-state index is 13.0. The number of methoxy groups -OCH3 is 1. The molecule has 0 spiro atoms. The summed E-state index contributed by atoms with van der Waals surface area (Å²) < 4.78 is 5.67. The fraction of sp³-hybridized carbons (Fsp3) is 0.360. The van der Waals surface area contributed by atoms with Gasteiger partial charge in [-0.25, -0.2) is 0 Å². The second-order valence-electron chi connectivity index (χ2n) is 8.88. The molecule has 2 aliphatic rings. The smallest absolute Gasteiger partial charge is 0.293 e. The minimum absolute atomic E-state index is 0.0546. The van der Waals surface area contributed by atoms with Crippen LogP contribution in [0.5, 0.6) is 5.75 Å². The maximum Gasteiger partial charge on any atom is 0.293 e. The number of rotatable bonds is 4. The number of fused-ring (bicyclic) bond motifs is 1. The molecule has 0 bridgehead atoms. The average molecular weight is 437 g/mol. The average Bonchev–Trinajstić information content (AvgIpc) is 3.00. The Bertz CT molecular complexity index is 1060. The molecule has 2 amide bonds. The molecule has 1 unspecified atom stereocenters. The number of carbonyl (C=O) groups excluding carboxylic acids is 2. The molecule has 0 saturated carbocycles. The Morgan fingerprint density at radius 1 is 1.19 bits per heavy atom. The lowest BCUT2D eigenvalue weighted by molar-refractivity contribution is -0.123. The highest BCUT2D eigenvalue weighted by Gasteiger charge is 2.37. The van der Waals surface area contributed by atoms with E-state index in [0.717, 1.165) is 35.0 Å². The third kappa shape index (κ3) is 3.97. The van der Waals surface area contributed by atoms with Crippen molar-refractivity contribution >= 4 is 34.7 Å². The quantitative estimate of drug-likeness (QED) is 0.580. The van der Waals surface area contributed by atoms with Crippen molar-refractivity contribution in [3.63, 3.8) is 0 Å². The number of thioether (sulfide) groups is 1. The lowest BCUT2D eigenvalue weighted by Crippen LogP contribution is -2.45. The predicted octanol–water partition coefficient (Wildman–Crippen LogP) is 5.65. The van der Waals surface area contributed by atoms with E-state index in [2.05, 4.69) is 38.8 Å². The van der Waals surface area contributed by atoms with Crippen LogP contribution in [0.3, 0.4) is 0 Å². The van der Waals surface area contributed by atoms with E-state index in [4.69, 9.17) is 4.74 Å². The highest BCUT2D eigenvalue weighted by atomic mass is 32.2. The van der Waals surface area contributed by atoms with Gasteiger partial charge in [0.25, 0.3) is 11.1 Å². The lowest BCUT2D eigenvalue weighted by Gasteiger charge is -2.45. The fourth-order valence-corrected chi connectivity index (χ4v) is 5.27. The van der Waals surface area contributed by atoms with E-state index >= 15 is 0 Å². The first-order chi connectivity index (χ1) is 14.7. The van der Waals surface area contributed by atoms with Crippen molar-refractivity contribution in [1.29, 1.82) is 0 Å². The molecule has 0 aromatic heterocycles. The summed E-state index contributed by atoms with van der Waals surface area (Å²) in [5.41, 5.74) is 4.19. The van der Waals surface area contributed by atoms with Gasteiger partial charge >= 0.3 is 0 Å². The van der Waals surface area contributed by atoms with Crippen LogP contribution in [-0.4, -0.2) is 35.7 Å². The van der Waals surface area contributed by atoms with E-state index in [1.54, 1.807) is 13.2 Å². The molecule has 0 radical (unpaired) electrons. The molecule has 2 aromatic rings. The Morgan fingerprint density at radius 2 is 1.90 bits per heavy atom. The first kappa shape index (κ1) is 21.5. The standard InChI is InChI=1S/C25H28N2O3S/c1-16-14-25(2,3)26(4)20-13-21(30-5)18(11-19(16)20)12-22-23(28)27(24(29)31-22)15-17-9-7-6-8-10-17/h6-13,16H,14-15H2,1-5H3/b22-12+. The van der Waals surface area contributed by atoms with Gasteiger partial charge in [-0.15, -0.1) is 0 Å². The lowest BCUT2D eigenvalue weighted by atomic mass is 9.80. The summed E-state index contributed by atoms with van der Waals surface area (Å²) in [7, 11) is 3.75. The Morgan fingerprint density at radius 3 is 2.58 bits per heavy atom. The summed E-state index contributed by atoms with van der Waals surface area (Å²) >= 11 is 0.986. The van der Waals surface area contributed by atoms with Crippen molar-refractivity contribution in [2.75, 3.05) is 19.1 Å². The van der Waals surface area contributed by atoms with Crippen LogP contribution < -0.4 is 9.64 Å². The summed E-state index contributed by atoms with van der Waals surface area (Å²) in [4.78, 5) is 29.5. The van der Waals surface area contributed by atoms with Gasteiger partial charge in [0.15, 0.2) is 0 Å². The number of ether oxygens (including phenoxy) is 1. The molecule has 1 fully saturated rings. The normalized spacial score (nSPS) is 21.6. The van der Waals surface area contributed by atoms with Crippen LogP contribution in [0.15, 0.2) is 47.4 Å². The van der Waals surface area contributed by atoms with Crippen molar-refractivity contribution in [3.05, 3.63) is 64.1 Å². The van der Waals surface area contributed by atoms with Crippen LogP contribution in [0.25, 0.3) is 6.08 Å². The minimum Gasteiger partial charge on any atom is -0.496 e. The van der Waals surface area contributed by atoms with Gasteiger partial charge in [0.05, 0.1) is 18.6 Å². The Kier molecular flexibility index (Phi) is 5.60. The molecular weight excluding hydrogens is 408 g/mol. The summed E-state index contributed by atoms with van der Waals surface area (Å²) in [6.07, 6.45) is 2.83. The summed E-state index contributed by atoms with van der Waals surface area (Å²) in [6, 6.07) is 13.7. The van der Waals surface area contributed by atoms with Gasteiger partial charge in [0.1, 0.15) is 5.75 Å². The predicted molar refractivity (Wildman–Crippen MR) is 126 cm³/mol. The highest BCUT2D eigenvalue weighted by molar-refractivity contribution is 8.18. The van der Waals surface area contributed by atoms with Crippen molar-refractivity contribution in [2.45, 2.75) is 45.2 Å². The van der Waals surface area contributed by atoms with E-state index < -0.39 is 0 Å². The third-order valence-corrected chi connectivity index (χ3v) is 7.24. The summed E-state index contributed by atoms with van der Waals surface area (Å²) in [5.74, 6) is 0.822. The number of hydrogen-bond donors (Lipinski definition) is 0. The zero-order valence-electron chi connectivity index (χ0n) is 18.6. The largest absolute Gasteiger partial charge is 0.496 e. The molecule has 6 heteroatoms. The molecule has 31 heavy (non-hydrogen) atoms. The summed E-state index contributed by atoms with van der Waals surface area (Å²) in [5, 5.41) is -0.244. The number of nitrogens with zero attached hydrogens (tertiary/aromatic N) is 2. The highest BCUT2D eigenvalue weighted by Crippen LogP contribution is 2.46. The van der Waals surface area contributed by atoms with Gasteiger partial charge in [-0.1, -0.05) is 37.3 Å². The van der Waals surface area contributed by atoms with Crippen LogP contribution >= 0.6 is 11.8 Å². The topological polar surface area (TPSA) is 49.9 Å². The summed E-state index contributed by atoms with van der Waals surface area (Å²) in [6.45, 7) is 7.00. The molecule has 1 saturated heterocycles. The van der Waals surface area contributed by atoms with E-state index in [-0.39, 0.29) is 23.2 Å². The molecule has 0 aliphatic carbocycles. The molecular formula is C25H28N2O3S. The molecule has 0 N–H and O–H groups in total. The second kappa shape index (κ2) is 8.08. The molecule has 2 heterocycles. The second-order valence-corrected chi connectivity index (χ2v) is 9.88. The first-order valence-corrected chi connectivity index (χ1v) is 11.3. The molecule has 5 nitrogen and oxygen atoms in total. The molecule has 4 rings (SSSR count). The van der Waals surface area contributed by atoms with Gasteiger partial charge in [-0.2, -0.15) is 0 Å². The van der Waals surface area contributed by atoms with Crippen molar-refractivity contribution < 1.29 is 14.3 Å². The van der Waals surface area contributed by atoms with Crippen LogP contribution in [0, 0.1) is 0 Å². The van der Waals surface area contributed by atoms with Crippen molar-refractivity contribution in [2.24, 2.45) is 0 Å². The van der Waals surface area contributed by atoms with E-state index in [0.29, 0.717) is 16.6 Å². The van der Waals surface area contributed by atoms with E-state index in [9.17, 15) is 9.59 Å². The molecule has 1 atom stereocenters. The minimum atomic E-state index is -0.259.